The van der Waals surface area contributed by atoms with Crippen LogP contribution in [0.1, 0.15) is 31.2 Å². The van der Waals surface area contributed by atoms with E-state index in [1.54, 1.807) is 0 Å². The monoisotopic (exact) mass is 394 g/mol. The van der Waals surface area contributed by atoms with Gasteiger partial charge in [0.1, 0.15) is 4.88 Å². The number of anilines is 1. The van der Waals surface area contributed by atoms with Gasteiger partial charge in [-0.25, -0.2) is 18.0 Å². The van der Waals surface area contributed by atoms with Crippen molar-refractivity contribution < 1.29 is 27.5 Å². The lowest BCUT2D eigenvalue weighted by molar-refractivity contribution is 0.0596. The molecular weight excluding hydrogens is 380 g/mol. The normalized spacial score (nSPS) is 10.7. The number of methoxy groups -OCH3 is 2. The van der Waals surface area contributed by atoms with Crippen LogP contribution in [0.3, 0.4) is 0 Å². The number of nitrogens with zero attached hydrogens (tertiary/aromatic N) is 1. The molecular formula is C16H14N2O6S2. The first-order valence-electron chi connectivity index (χ1n) is 7.08. The Balaban J connectivity index is 2.59. The van der Waals surface area contributed by atoms with Gasteiger partial charge in [-0.15, -0.1) is 11.3 Å². The summed E-state index contributed by atoms with van der Waals surface area (Å²) in [5.74, 6) is -1.65. The number of ether oxygens (including phenoxy) is 2. The summed E-state index contributed by atoms with van der Waals surface area (Å²) in [6, 6.07) is 7.73. The van der Waals surface area contributed by atoms with E-state index in [0.717, 1.165) is 14.2 Å². The number of thiophene rings is 1. The van der Waals surface area contributed by atoms with Crippen molar-refractivity contribution in [2.24, 2.45) is 0 Å². The van der Waals surface area contributed by atoms with Gasteiger partial charge in [0.2, 0.25) is 0 Å². The lowest BCUT2D eigenvalue weighted by Crippen LogP contribution is -2.16. The van der Waals surface area contributed by atoms with Crippen LogP contribution in [-0.4, -0.2) is 34.6 Å². The fraction of sp³-hybridized carbons (Fsp3) is 0.188. The number of sulfonamides is 1. The van der Waals surface area contributed by atoms with Crippen LogP contribution in [0, 0.1) is 18.3 Å². The molecule has 0 bridgehead atoms. The highest BCUT2D eigenvalue weighted by atomic mass is 32.2. The fourth-order valence-electron chi connectivity index (χ4n) is 2.16. The molecule has 1 aromatic heterocycles. The van der Waals surface area contributed by atoms with Crippen molar-refractivity contribution >= 4 is 39.0 Å². The van der Waals surface area contributed by atoms with Crippen molar-refractivity contribution in [1.29, 1.82) is 5.26 Å². The van der Waals surface area contributed by atoms with Crippen LogP contribution in [0.4, 0.5) is 5.69 Å². The van der Waals surface area contributed by atoms with Crippen LogP contribution in [-0.2, 0) is 19.5 Å². The van der Waals surface area contributed by atoms with Gasteiger partial charge in [0.05, 0.1) is 37.1 Å². The second-order valence-corrected chi connectivity index (χ2v) is 7.90. The van der Waals surface area contributed by atoms with Crippen molar-refractivity contribution in [1.82, 2.24) is 0 Å². The van der Waals surface area contributed by atoms with E-state index in [1.165, 1.54) is 31.2 Å². The number of hydrogen-bond acceptors (Lipinski definition) is 8. The molecule has 0 spiro atoms. The Morgan fingerprint density at radius 1 is 1.19 bits per heavy atom. The summed E-state index contributed by atoms with van der Waals surface area (Å²) in [5.41, 5.74) is 0.322. The van der Waals surface area contributed by atoms with E-state index in [0.29, 0.717) is 11.3 Å². The molecule has 0 saturated heterocycles. The summed E-state index contributed by atoms with van der Waals surface area (Å²) in [5, 5.41) is 8.92. The summed E-state index contributed by atoms with van der Waals surface area (Å²) in [7, 11) is -1.96. The van der Waals surface area contributed by atoms with Crippen LogP contribution < -0.4 is 4.72 Å². The number of carbonyl (C=O) groups excluding carboxylic acids is 2. The summed E-state index contributed by atoms with van der Waals surface area (Å²) in [6.07, 6.45) is 0. The zero-order valence-electron chi connectivity index (χ0n) is 14.0. The van der Waals surface area contributed by atoms with Gasteiger partial charge in [0, 0.05) is 0 Å². The first-order chi connectivity index (χ1) is 12.2. The van der Waals surface area contributed by atoms with Gasteiger partial charge >= 0.3 is 11.9 Å². The lowest BCUT2D eigenvalue weighted by Gasteiger charge is -2.08. The molecule has 26 heavy (non-hydrogen) atoms. The molecule has 2 aromatic rings. The van der Waals surface area contributed by atoms with Crippen molar-refractivity contribution in [2.45, 2.75) is 11.1 Å². The largest absolute Gasteiger partial charge is 0.465 e. The number of benzene rings is 1. The highest BCUT2D eigenvalue weighted by Crippen LogP contribution is 2.34. The van der Waals surface area contributed by atoms with Crippen LogP contribution in [0.25, 0.3) is 0 Å². The molecule has 2 rings (SSSR count). The number of rotatable bonds is 5. The van der Waals surface area contributed by atoms with Gasteiger partial charge in [-0.05, 0) is 30.7 Å². The minimum atomic E-state index is -4.22. The van der Waals surface area contributed by atoms with Crippen molar-refractivity contribution in [2.75, 3.05) is 18.9 Å². The minimum absolute atomic E-state index is 0.0148. The van der Waals surface area contributed by atoms with Crippen molar-refractivity contribution in [3.8, 4) is 6.07 Å². The zero-order valence-corrected chi connectivity index (χ0v) is 15.7. The molecule has 1 N–H and O–H groups in total. The third-order valence-electron chi connectivity index (χ3n) is 3.36. The zero-order chi connectivity index (χ0) is 19.5. The third kappa shape index (κ3) is 3.68. The molecule has 8 nitrogen and oxygen atoms in total. The van der Waals surface area contributed by atoms with Gasteiger partial charge in [0.15, 0.2) is 4.21 Å². The van der Waals surface area contributed by atoms with Crippen LogP contribution in [0.5, 0.6) is 0 Å². The summed E-state index contributed by atoms with van der Waals surface area (Å²) < 4.78 is 36.8. The Kier molecular flexibility index (Phi) is 5.64. The molecule has 0 atom stereocenters. The first kappa shape index (κ1) is 19.4. The molecule has 136 valence electrons. The predicted molar refractivity (Wildman–Crippen MR) is 93.7 cm³/mol. The molecule has 0 amide bonds. The molecule has 1 aromatic carbocycles. The highest BCUT2D eigenvalue weighted by molar-refractivity contribution is 7.94. The average Bonchev–Trinajstić information content (AvgIpc) is 2.98. The molecule has 0 fully saturated rings. The minimum Gasteiger partial charge on any atom is -0.465 e. The van der Waals surface area contributed by atoms with Crippen LogP contribution in [0.15, 0.2) is 28.5 Å². The average molecular weight is 394 g/mol. The van der Waals surface area contributed by atoms with E-state index in [-0.39, 0.29) is 31.5 Å². The maximum atomic E-state index is 12.8. The van der Waals surface area contributed by atoms with Crippen LogP contribution in [0.2, 0.25) is 0 Å². The molecule has 0 aliphatic rings. The molecule has 0 radical (unpaired) electrons. The predicted octanol–water partition coefficient (Wildman–Crippen LogP) is 2.30. The van der Waals surface area contributed by atoms with E-state index in [4.69, 9.17) is 5.26 Å². The first-order valence-corrected chi connectivity index (χ1v) is 9.38. The number of nitrogens with one attached hydrogen (secondary N) is 1. The molecule has 0 aliphatic heterocycles. The quantitative estimate of drug-likeness (QED) is 0.772. The van der Waals surface area contributed by atoms with Gasteiger partial charge in [-0.1, -0.05) is 6.07 Å². The van der Waals surface area contributed by atoms with E-state index >= 15 is 0 Å². The van der Waals surface area contributed by atoms with Gasteiger partial charge in [-0.3, -0.25) is 4.72 Å². The number of hydrogen-bond donors (Lipinski definition) is 1. The second kappa shape index (κ2) is 7.55. The number of nitriles is 1. The maximum Gasteiger partial charge on any atom is 0.348 e. The fourth-order valence-corrected chi connectivity index (χ4v) is 4.95. The van der Waals surface area contributed by atoms with Gasteiger partial charge in [0.25, 0.3) is 10.0 Å². The highest BCUT2D eigenvalue weighted by Gasteiger charge is 2.32. The molecule has 1 heterocycles. The van der Waals surface area contributed by atoms with Crippen molar-refractivity contribution in [3.63, 3.8) is 0 Å². The van der Waals surface area contributed by atoms with Gasteiger partial charge in [-0.2, -0.15) is 5.26 Å². The smallest absolute Gasteiger partial charge is 0.348 e. The molecule has 0 aliphatic carbocycles. The standard InChI is InChI=1S/C16H14N2O6S2/c1-9-12(14(19)23-2)16(25-13(9)15(20)24-3)26(21,22)18-11-6-4-5-10(7-11)8-17/h4-7,18H,1-3H3. The Morgan fingerprint density at radius 3 is 2.42 bits per heavy atom. The Morgan fingerprint density at radius 2 is 1.85 bits per heavy atom. The van der Waals surface area contributed by atoms with E-state index in [2.05, 4.69) is 14.2 Å². The van der Waals surface area contributed by atoms with E-state index in [9.17, 15) is 18.0 Å². The molecule has 10 heteroatoms. The van der Waals surface area contributed by atoms with Crippen LogP contribution >= 0.6 is 11.3 Å². The Bertz CT molecular complexity index is 1020. The lowest BCUT2D eigenvalue weighted by atomic mass is 10.2. The number of esters is 2. The molecule has 0 saturated carbocycles. The summed E-state index contributed by atoms with van der Waals surface area (Å²) in [4.78, 5) is 23.9. The Hall–Kier alpha value is -2.90. The second-order valence-electron chi connectivity index (χ2n) is 5.00. The van der Waals surface area contributed by atoms with Gasteiger partial charge < -0.3 is 9.47 Å². The summed E-state index contributed by atoms with van der Waals surface area (Å²) in [6.45, 7) is 1.43. The van der Waals surface area contributed by atoms with E-state index in [1.807, 2.05) is 6.07 Å². The third-order valence-corrected chi connectivity index (χ3v) is 6.53. The maximum absolute atomic E-state index is 12.8. The molecule has 0 unspecified atom stereocenters. The number of carbonyl (C=O) groups is 2. The van der Waals surface area contributed by atoms with Crippen molar-refractivity contribution in [3.05, 3.63) is 45.8 Å². The van der Waals surface area contributed by atoms with E-state index < -0.39 is 22.0 Å². The topological polar surface area (TPSA) is 123 Å². The Labute approximate surface area is 154 Å². The summed E-state index contributed by atoms with van der Waals surface area (Å²) >= 11 is 0.608. The SMILES string of the molecule is COC(=O)c1sc(S(=O)(=O)Nc2cccc(C#N)c2)c(C(=O)OC)c1C.